The minimum atomic E-state index is -0.766. The lowest BCUT2D eigenvalue weighted by Crippen LogP contribution is -2.12. The zero-order chi connectivity index (χ0) is 9.14. The third kappa shape index (κ3) is 3.10. The predicted octanol–water partition coefficient (Wildman–Crippen LogP) is 2.87. The van der Waals surface area contributed by atoms with Crippen molar-refractivity contribution in [3.05, 3.63) is 34.6 Å². The van der Waals surface area contributed by atoms with E-state index in [-0.39, 0.29) is 17.4 Å². The van der Waals surface area contributed by atoms with Gasteiger partial charge in [-0.25, -0.2) is 8.78 Å². The Bertz CT molecular complexity index is 281. The lowest BCUT2D eigenvalue weighted by Gasteiger charge is -2.08. The van der Waals surface area contributed by atoms with E-state index in [0.29, 0.717) is 5.56 Å². The third-order valence-electron chi connectivity index (χ3n) is 1.53. The number of alkyl halides is 1. The lowest BCUT2D eigenvalue weighted by molar-refractivity contribution is 0.437. The molecule has 0 spiro atoms. The van der Waals surface area contributed by atoms with Crippen LogP contribution in [0.25, 0.3) is 0 Å². The average Bonchev–Trinajstić information content (AvgIpc) is 2.03. The van der Waals surface area contributed by atoms with Crippen molar-refractivity contribution in [2.24, 2.45) is 5.73 Å². The molecule has 0 aliphatic heterocycles. The fourth-order valence-electron chi connectivity index (χ4n) is 0.885. The van der Waals surface area contributed by atoms with Gasteiger partial charge in [-0.1, -0.05) is 17.7 Å². The molecule has 1 atom stereocenters. The van der Waals surface area contributed by atoms with Crippen molar-refractivity contribution in [1.82, 2.24) is 0 Å². The van der Waals surface area contributed by atoms with Crippen molar-refractivity contribution >= 4 is 24.0 Å². The van der Waals surface area contributed by atoms with E-state index in [4.69, 9.17) is 17.3 Å². The normalized spacial score (nSPS) is 12.0. The molecule has 0 aliphatic rings. The standard InChI is InChI=1S/C8H8ClF2N.ClH/c9-7-3-5(11)1-2-6(7)8(12)4-10;/h1-3,8H,4,12H2;1H/t8-;/m0./s1. The van der Waals surface area contributed by atoms with Crippen LogP contribution in [0.2, 0.25) is 5.02 Å². The van der Waals surface area contributed by atoms with Crippen molar-refractivity contribution in [2.75, 3.05) is 6.67 Å². The highest BCUT2D eigenvalue weighted by atomic mass is 35.5. The monoisotopic (exact) mass is 227 g/mol. The van der Waals surface area contributed by atoms with Gasteiger partial charge in [0.1, 0.15) is 12.5 Å². The Hall–Kier alpha value is -0.380. The Morgan fingerprint density at radius 2 is 2.08 bits per heavy atom. The van der Waals surface area contributed by atoms with Crippen molar-refractivity contribution < 1.29 is 8.78 Å². The van der Waals surface area contributed by atoms with Gasteiger partial charge in [0.2, 0.25) is 0 Å². The first-order valence-electron chi connectivity index (χ1n) is 3.41. The van der Waals surface area contributed by atoms with E-state index >= 15 is 0 Å². The fraction of sp³-hybridized carbons (Fsp3) is 0.250. The number of benzene rings is 1. The van der Waals surface area contributed by atoms with E-state index in [0.717, 1.165) is 6.07 Å². The second-order valence-electron chi connectivity index (χ2n) is 2.43. The minimum Gasteiger partial charge on any atom is -0.322 e. The highest BCUT2D eigenvalue weighted by Crippen LogP contribution is 2.22. The minimum absolute atomic E-state index is 0. The molecule has 0 saturated heterocycles. The van der Waals surface area contributed by atoms with Crippen molar-refractivity contribution in [1.29, 1.82) is 0 Å². The van der Waals surface area contributed by atoms with Crippen LogP contribution < -0.4 is 5.73 Å². The highest BCUT2D eigenvalue weighted by Gasteiger charge is 2.09. The second kappa shape index (κ2) is 5.37. The summed E-state index contributed by atoms with van der Waals surface area (Å²) in [4.78, 5) is 0. The summed E-state index contributed by atoms with van der Waals surface area (Å²) >= 11 is 5.62. The Morgan fingerprint density at radius 1 is 1.46 bits per heavy atom. The molecule has 1 rings (SSSR count). The fourth-order valence-corrected chi connectivity index (χ4v) is 1.19. The maximum absolute atomic E-state index is 12.5. The first kappa shape index (κ1) is 12.6. The van der Waals surface area contributed by atoms with Crippen LogP contribution in [0.15, 0.2) is 18.2 Å². The second-order valence-corrected chi connectivity index (χ2v) is 2.83. The predicted molar refractivity (Wildman–Crippen MR) is 51.6 cm³/mol. The summed E-state index contributed by atoms with van der Waals surface area (Å²) in [6, 6.07) is 2.95. The van der Waals surface area contributed by atoms with Gasteiger partial charge >= 0.3 is 0 Å². The molecule has 1 aromatic rings. The van der Waals surface area contributed by atoms with E-state index in [2.05, 4.69) is 0 Å². The summed E-state index contributed by atoms with van der Waals surface area (Å²) in [5.41, 5.74) is 5.79. The Balaban J connectivity index is 0.00000144. The molecule has 0 saturated carbocycles. The molecule has 0 heterocycles. The van der Waals surface area contributed by atoms with Crippen LogP contribution >= 0.6 is 24.0 Å². The van der Waals surface area contributed by atoms with Crippen molar-refractivity contribution in [3.63, 3.8) is 0 Å². The van der Waals surface area contributed by atoms with E-state index < -0.39 is 18.5 Å². The zero-order valence-corrected chi connectivity index (χ0v) is 8.21. The molecule has 2 N–H and O–H groups in total. The summed E-state index contributed by atoms with van der Waals surface area (Å²) in [6.45, 7) is -0.703. The maximum atomic E-state index is 12.5. The van der Waals surface area contributed by atoms with Crippen molar-refractivity contribution in [3.8, 4) is 0 Å². The van der Waals surface area contributed by atoms with Gasteiger partial charge in [0.25, 0.3) is 0 Å². The lowest BCUT2D eigenvalue weighted by atomic mass is 10.1. The summed E-state index contributed by atoms with van der Waals surface area (Å²) in [7, 11) is 0. The summed E-state index contributed by atoms with van der Waals surface area (Å²) < 4.78 is 24.6. The van der Waals surface area contributed by atoms with Gasteiger partial charge in [-0.05, 0) is 17.7 Å². The van der Waals surface area contributed by atoms with E-state index in [1.165, 1.54) is 12.1 Å². The molecule has 0 radical (unpaired) electrons. The number of nitrogens with two attached hydrogens (primary N) is 1. The number of hydrogen-bond acceptors (Lipinski definition) is 1. The van der Waals surface area contributed by atoms with Gasteiger partial charge < -0.3 is 5.73 Å². The summed E-state index contributed by atoms with van der Waals surface area (Å²) in [5.74, 6) is -0.449. The average molecular weight is 228 g/mol. The quantitative estimate of drug-likeness (QED) is 0.827. The Morgan fingerprint density at radius 3 is 2.54 bits per heavy atom. The topological polar surface area (TPSA) is 26.0 Å². The van der Waals surface area contributed by atoms with Crippen LogP contribution in [0.1, 0.15) is 11.6 Å². The van der Waals surface area contributed by atoms with Gasteiger partial charge in [0.15, 0.2) is 0 Å². The van der Waals surface area contributed by atoms with Gasteiger partial charge in [-0.2, -0.15) is 0 Å². The SMILES string of the molecule is Cl.N[C@@H](CF)c1ccc(F)cc1Cl. The molecule has 0 unspecified atom stereocenters. The van der Waals surface area contributed by atoms with E-state index in [1.807, 2.05) is 0 Å². The molecular weight excluding hydrogens is 219 g/mol. The summed E-state index contributed by atoms with van der Waals surface area (Å²) in [5, 5.41) is 0.167. The van der Waals surface area contributed by atoms with Crippen LogP contribution in [0.3, 0.4) is 0 Å². The Labute approximate surface area is 86.3 Å². The first-order valence-corrected chi connectivity index (χ1v) is 3.79. The number of halogens is 4. The van der Waals surface area contributed by atoms with Crippen LogP contribution in [0.4, 0.5) is 8.78 Å². The molecule has 13 heavy (non-hydrogen) atoms. The van der Waals surface area contributed by atoms with Crippen LogP contribution in [0, 0.1) is 5.82 Å². The van der Waals surface area contributed by atoms with Crippen molar-refractivity contribution in [2.45, 2.75) is 6.04 Å². The maximum Gasteiger partial charge on any atom is 0.124 e. The Kier molecular flexibility index (Phi) is 5.21. The molecule has 1 nitrogen and oxygen atoms in total. The molecule has 5 heteroatoms. The molecule has 74 valence electrons. The largest absolute Gasteiger partial charge is 0.322 e. The van der Waals surface area contributed by atoms with Crippen LogP contribution in [-0.4, -0.2) is 6.67 Å². The summed E-state index contributed by atoms with van der Waals surface area (Å²) in [6.07, 6.45) is 0. The molecular formula is C8H9Cl2F2N. The molecule has 0 aliphatic carbocycles. The van der Waals surface area contributed by atoms with E-state index in [1.54, 1.807) is 0 Å². The molecule has 0 fully saturated rings. The van der Waals surface area contributed by atoms with Crippen LogP contribution in [-0.2, 0) is 0 Å². The van der Waals surface area contributed by atoms with Gasteiger partial charge in [0, 0.05) is 5.02 Å². The van der Waals surface area contributed by atoms with Gasteiger partial charge in [0.05, 0.1) is 6.04 Å². The third-order valence-corrected chi connectivity index (χ3v) is 1.86. The van der Waals surface area contributed by atoms with Crippen LogP contribution in [0.5, 0.6) is 0 Å². The molecule has 0 aromatic heterocycles. The van der Waals surface area contributed by atoms with E-state index in [9.17, 15) is 8.78 Å². The first-order chi connectivity index (χ1) is 5.65. The molecule has 1 aromatic carbocycles. The number of hydrogen-bond donors (Lipinski definition) is 1. The number of rotatable bonds is 2. The zero-order valence-electron chi connectivity index (χ0n) is 6.64. The van der Waals surface area contributed by atoms with Gasteiger partial charge in [-0.3, -0.25) is 0 Å². The molecule has 0 bridgehead atoms. The van der Waals surface area contributed by atoms with Gasteiger partial charge in [-0.15, -0.1) is 12.4 Å². The highest BCUT2D eigenvalue weighted by molar-refractivity contribution is 6.31. The smallest absolute Gasteiger partial charge is 0.124 e. The molecule has 0 amide bonds.